The first-order chi connectivity index (χ1) is 10.7. The molecule has 0 bridgehead atoms. The van der Waals surface area contributed by atoms with Gasteiger partial charge < -0.3 is 19.7 Å². The molecule has 0 aliphatic carbocycles. The molecule has 1 aromatic carbocycles. The van der Waals surface area contributed by atoms with E-state index >= 15 is 0 Å². The number of benzene rings is 1. The smallest absolute Gasteiger partial charge is 0.361 e. The predicted octanol–water partition coefficient (Wildman–Crippen LogP) is 0.0571. The van der Waals surface area contributed by atoms with Gasteiger partial charge in [-0.1, -0.05) is 12.1 Å². The van der Waals surface area contributed by atoms with Crippen LogP contribution in [0, 0.1) is 5.21 Å². The Bertz CT molecular complexity index is 649. The average Bonchev–Trinajstić information content (AvgIpc) is 2.85. The molecule has 0 unspecified atom stereocenters. The van der Waals surface area contributed by atoms with Gasteiger partial charge in [0, 0.05) is 25.7 Å². The zero-order valence-electron chi connectivity index (χ0n) is 12.3. The summed E-state index contributed by atoms with van der Waals surface area (Å²) >= 11 is 0. The minimum absolute atomic E-state index is 0.0459. The molecule has 1 amide bonds. The number of carbonyl (C=O) groups is 1. The summed E-state index contributed by atoms with van der Waals surface area (Å²) < 4.78 is 11.5. The summed E-state index contributed by atoms with van der Waals surface area (Å²) in [6, 6.07) is 7.08. The Kier molecular flexibility index (Phi) is 4.55. The first-order valence-corrected chi connectivity index (χ1v) is 7.41. The molecular formula is C15H19N3O4. The second-order valence-electron chi connectivity index (χ2n) is 5.25. The van der Waals surface area contributed by atoms with Crippen molar-refractivity contribution < 1.29 is 18.7 Å². The summed E-state index contributed by atoms with van der Waals surface area (Å²) in [7, 11) is 0. The van der Waals surface area contributed by atoms with Crippen LogP contribution in [-0.4, -0.2) is 50.2 Å². The lowest BCUT2D eigenvalue weighted by atomic mass is 10.3. The second-order valence-corrected chi connectivity index (χ2v) is 5.25. The minimum Gasteiger partial charge on any atom is -0.616 e. The molecule has 0 spiro atoms. The summed E-state index contributed by atoms with van der Waals surface area (Å²) in [4.78, 5) is 13.9. The normalized spacial score (nSPS) is 16.0. The highest BCUT2D eigenvalue weighted by atomic mass is 16.5. The minimum atomic E-state index is -0.0459. The molecule has 1 aliphatic rings. The maximum atomic E-state index is 12.0. The van der Waals surface area contributed by atoms with Crippen LogP contribution < -0.4 is 10.0 Å². The highest BCUT2D eigenvalue weighted by molar-refractivity contribution is 5.78. The number of rotatable bonds is 5. The van der Waals surface area contributed by atoms with Gasteiger partial charge in [-0.2, -0.15) is 0 Å². The number of ether oxygens (including phenoxy) is 1. The van der Waals surface area contributed by atoms with Gasteiger partial charge >= 0.3 is 5.89 Å². The molecule has 2 aromatic rings. The van der Waals surface area contributed by atoms with E-state index < -0.39 is 0 Å². The predicted molar refractivity (Wildman–Crippen MR) is 79.1 cm³/mol. The molecule has 2 heterocycles. The third kappa shape index (κ3) is 3.37. The summed E-state index contributed by atoms with van der Waals surface area (Å²) in [5.74, 6) is 0.267. The van der Waals surface area contributed by atoms with Gasteiger partial charge in [0.05, 0.1) is 26.2 Å². The number of nitrogens with one attached hydrogen (secondary N) is 1. The Balaban J connectivity index is 1.49. The molecular weight excluding hydrogens is 286 g/mol. The van der Waals surface area contributed by atoms with Crippen molar-refractivity contribution >= 4 is 17.0 Å². The van der Waals surface area contributed by atoms with Gasteiger partial charge in [-0.3, -0.25) is 9.69 Å². The van der Waals surface area contributed by atoms with Crippen molar-refractivity contribution in [3.05, 3.63) is 35.4 Å². The van der Waals surface area contributed by atoms with Crippen LogP contribution >= 0.6 is 0 Å². The van der Waals surface area contributed by atoms with Gasteiger partial charge in [0.15, 0.2) is 0 Å². The van der Waals surface area contributed by atoms with Crippen molar-refractivity contribution in [3.63, 3.8) is 0 Å². The van der Waals surface area contributed by atoms with Gasteiger partial charge in [-0.05, 0) is 6.07 Å². The van der Waals surface area contributed by atoms with Crippen molar-refractivity contribution in [2.45, 2.75) is 6.42 Å². The number of amides is 1. The summed E-state index contributed by atoms with van der Waals surface area (Å²) in [6.07, 6.45) is 0.368. The van der Waals surface area contributed by atoms with Crippen LogP contribution in [0.4, 0.5) is 0 Å². The van der Waals surface area contributed by atoms with E-state index in [1.54, 1.807) is 18.2 Å². The number of aromatic nitrogens is 1. The molecule has 7 nitrogen and oxygen atoms in total. The van der Waals surface area contributed by atoms with Crippen LogP contribution in [0.15, 0.2) is 28.7 Å². The largest absolute Gasteiger partial charge is 0.616 e. The lowest BCUT2D eigenvalue weighted by molar-refractivity contribution is -0.592. The number of hydrogen-bond donors (Lipinski definition) is 1. The van der Waals surface area contributed by atoms with E-state index in [9.17, 15) is 10.0 Å². The first-order valence-electron chi connectivity index (χ1n) is 7.41. The fraction of sp³-hybridized carbons (Fsp3) is 0.467. The number of fused-ring (bicyclic) bond motifs is 1. The highest BCUT2D eigenvalue weighted by Gasteiger charge is 2.18. The van der Waals surface area contributed by atoms with E-state index in [2.05, 4.69) is 5.32 Å². The highest BCUT2D eigenvalue weighted by Crippen LogP contribution is 2.12. The maximum absolute atomic E-state index is 12.0. The molecule has 7 heteroatoms. The number of carbonyl (C=O) groups excluding carboxylic acids is 1. The van der Waals surface area contributed by atoms with E-state index in [0.29, 0.717) is 49.7 Å². The molecule has 0 radical (unpaired) electrons. The van der Waals surface area contributed by atoms with Gasteiger partial charge in [-0.15, -0.1) is 4.73 Å². The van der Waals surface area contributed by atoms with Crippen molar-refractivity contribution in [2.75, 3.05) is 39.4 Å². The summed E-state index contributed by atoms with van der Waals surface area (Å²) in [6.45, 7) is 3.63. The van der Waals surface area contributed by atoms with E-state index in [-0.39, 0.29) is 5.91 Å². The number of hydrogen-bond acceptors (Lipinski definition) is 5. The van der Waals surface area contributed by atoms with E-state index in [0.717, 1.165) is 17.8 Å². The third-order valence-electron chi connectivity index (χ3n) is 3.67. The summed E-state index contributed by atoms with van der Waals surface area (Å²) in [5, 5.41) is 14.8. The molecule has 118 valence electrons. The molecule has 1 aromatic heterocycles. The van der Waals surface area contributed by atoms with Crippen molar-refractivity contribution in [2.24, 2.45) is 0 Å². The molecule has 1 saturated heterocycles. The molecule has 3 rings (SSSR count). The Morgan fingerprint density at radius 2 is 2.09 bits per heavy atom. The van der Waals surface area contributed by atoms with Crippen molar-refractivity contribution in [1.82, 2.24) is 10.2 Å². The monoisotopic (exact) mass is 305 g/mol. The first kappa shape index (κ1) is 14.8. The second kappa shape index (κ2) is 6.76. The zero-order chi connectivity index (χ0) is 15.4. The molecule has 1 N–H and O–H groups in total. The fourth-order valence-corrected chi connectivity index (χ4v) is 2.49. The quantitative estimate of drug-likeness (QED) is 0.624. The van der Waals surface area contributed by atoms with Crippen LogP contribution in [0.1, 0.15) is 5.89 Å². The van der Waals surface area contributed by atoms with Crippen molar-refractivity contribution in [3.8, 4) is 0 Å². The number of morpholine rings is 1. The zero-order valence-corrected chi connectivity index (χ0v) is 12.3. The van der Waals surface area contributed by atoms with Crippen LogP contribution in [0.3, 0.4) is 0 Å². The Morgan fingerprint density at radius 1 is 1.32 bits per heavy atom. The van der Waals surface area contributed by atoms with Gasteiger partial charge in [0.25, 0.3) is 5.52 Å². The SMILES string of the molecule is O=C(CN1CCOCC1)NCCc1oc2ccccc2[n+]1[O-]. The number of nitrogens with zero attached hydrogens (tertiary/aromatic N) is 2. The lowest BCUT2D eigenvalue weighted by Crippen LogP contribution is -2.43. The van der Waals surface area contributed by atoms with Crippen LogP contribution in [0.2, 0.25) is 0 Å². The molecule has 0 saturated carbocycles. The molecule has 1 aliphatic heterocycles. The number of oxazole rings is 1. The lowest BCUT2D eigenvalue weighted by Gasteiger charge is -2.25. The molecule has 1 fully saturated rings. The third-order valence-corrected chi connectivity index (χ3v) is 3.67. The Morgan fingerprint density at radius 3 is 2.86 bits per heavy atom. The topological polar surface area (TPSA) is 81.7 Å². The van der Waals surface area contributed by atoms with E-state index in [4.69, 9.17) is 9.15 Å². The molecule has 0 atom stereocenters. The van der Waals surface area contributed by atoms with Gasteiger partial charge in [0.2, 0.25) is 11.5 Å². The van der Waals surface area contributed by atoms with E-state index in [1.165, 1.54) is 0 Å². The van der Waals surface area contributed by atoms with Gasteiger partial charge in [0.1, 0.15) is 0 Å². The Labute approximate surface area is 128 Å². The Hall–Kier alpha value is -2.12. The average molecular weight is 305 g/mol. The molecule has 22 heavy (non-hydrogen) atoms. The van der Waals surface area contributed by atoms with Crippen molar-refractivity contribution in [1.29, 1.82) is 0 Å². The number of para-hydroxylation sites is 2. The van der Waals surface area contributed by atoms with Crippen LogP contribution in [0.25, 0.3) is 11.1 Å². The van der Waals surface area contributed by atoms with E-state index in [1.807, 2.05) is 11.0 Å². The standard InChI is InChI=1S/C15H19N3O4/c19-14(11-17-7-9-21-10-8-17)16-6-5-15-18(20)12-3-1-2-4-13(12)22-15/h1-4H,5-11H2,(H,16,19). The van der Waals surface area contributed by atoms with Crippen LogP contribution in [-0.2, 0) is 16.0 Å². The fourth-order valence-electron chi connectivity index (χ4n) is 2.49. The van der Waals surface area contributed by atoms with Crippen LogP contribution in [0.5, 0.6) is 0 Å². The summed E-state index contributed by atoms with van der Waals surface area (Å²) in [5.41, 5.74) is 1.07. The van der Waals surface area contributed by atoms with Gasteiger partial charge in [-0.25, -0.2) is 0 Å². The maximum Gasteiger partial charge on any atom is 0.361 e.